The standard InChI is InChI=1S/C24H32N2O5/c1-6-26(7-2)16-17-30-22(28)24(3,18-8-12-20(27)13-9-18)19-10-14-21(15-11-19)31-23(29)25(4)5/h8-15,27H,6-7,16-17H2,1-5H3. The molecule has 7 heteroatoms. The summed E-state index contributed by atoms with van der Waals surface area (Å²) in [4.78, 5) is 28.6. The molecule has 0 aliphatic heterocycles. The molecule has 0 aliphatic carbocycles. The van der Waals surface area contributed by atoms with Gasteiger partial charge in [-0.05, 0) is 55.4 Å². The number of likely N-dealkylation sites (N-methyl/N-ethyl adjacent to an activating group) is 1. The predicted octanol–water partition coefficient (Wildman–Crippen LogP) is 3.64. The Labute approximate surface area is 184 Å². The second kappa shape index (κ2) is 10.8. The molecule has 1 atom stereocenters. The number of carbonyl (C=O) groups is 2. The van der Waals surface area contributed by atoms with Crippen molar-refractivity contribution in [1.29, 1.82) is 0 Å². The van der Waals surface area contributed by atoms with Gasteiger partial charge in [-0.25, -0.2) is 4.79 Å². The highest BCUT2D eigenvalue weighted by molar-refractivity contribution is 5.87. The molecule has 1 unspecified atom stereocenters. The van der Waals surface area contributed by atoms with Gasteiger partial charge in [0.25, 0.3) is 0 Å². The van der Waals surface area contributed by atoms with Gasteiger partial charge < -0.3 is 24.4 Å². The topological polar surface area (TPSA) is 79.3 Å². The van der Waals surface area contributed by atoms with Gasteiger partial charge in [0.05, 0.1) is 0 Å². The molecule has 0 saturated heterocycles. The molecule has 0 radical (unpaired) electrons. The summed E-state index contributed by atoms with van der Waals surface area (Å²) in [6.07, 6.45) is -0.482. The van der Waals surface area contributed by atoms with Crippen molar-refractivity contribution in [3.63, 3.8) is 0 Å². The van der Waals surface area contributed by atoms with Crippen LogP contribution in [0.15, 0.2) is 48.5 Å². The predicted molar refractivity (Wildman–Crippen MR) is 119 cm³/mol. The van der Waals surface area contributed by atoms with Crippen LogP contribution in [0, 0.1) is 0 Å². The van der Waals surface area contributed by atoms with Crippen LogP contribution in [0.25, 0.3) is 0 Å². The number of aromatic hydroxyl groups is 1. The Balaban J connectivity index is 2.31. The summed E-state index contributed by atoms with van der Waals surface area (Å²) in [6.45, 7) is 8.64. The van der Waals surface area contributed by atoms with Crippen molar-refractivity contribution in [2.24, 2.45) is 0 Å². The Hall–Kier alpha value is -3.06. The van der Waals surface area contributed by atoms with Crippen molar-refractivity contribution in [2.45, 2.75) is 26.2 Å². The third-order valence-electron chi connectivity index (χ3n) is 5.39. The number of phenolic OH excluding ortho intramolecular Hbond substituents is 1. The Morgan fingerprint density at radius 1 is 0.935 bits per heavy atom. The zero-order valence-electron chi connectivity index (χ0n) is 18.9. The van der Waals surface area contributed by atoms with Gasteiger partial charge in [-0.3, -0.25) is 4.79 Å². The average Bonchev–Trinajstić information content (AvgIpc) is 2.77. The first-order valence-corrected chi connectivity index (χ1v) is 10.4. The van der Waals surface area contributed by atoms with Gasteiger partial charge in [-0.1, -0.05) is 38.1 Å². The summed E-state index contributed by atoms with van der Waals surface area (Å²) < 4.78 is 10.9. The van der Waals surface area contributed by atoms with E-state index in [1.807, 2.05) is 0 Å². The number of ether oxygens (including phenoxy) is 2. The van der Waals surface area contributed by atoms with Crippen molar-refractivity contribution in [3.8, 4) is 11.5 Å². The van der Waals surface area contributed by atoms with Crippen molar-refractivity contribution in [1.82, 2.24) is 9.80 Å². The molecule has 0 spiro atoms. The largest absolute Gasteiger partial charge is 0.508 e. The molecule has 0 fully saturated rings. The smallest absolute Gasteiger partial charge is 0.414 e. The molecule has 7 nitrogen and oxygen atoms in total. The molecular weight excluding hydrogens is 396 g/mol. The second-order valence-electron chi connectivity index (χ2n) is 7.62. The first-order valence-electron chi connectivity index (χ1n) is 10.4. The van der Waals surface area contributed by atoms with E-state index in [4.69, 9.17) is 9.47 Å². The van der Waals surface area contributed by atoms with Gasteiger partial charge in [0.2, 0.25) is 0 Å². The fraction of sp³-hybridized carbons (Fsp3) is 0.417. The molecule has 1 amide bonds. The highest BCUT2D eigenvalue weighted by atomic mass is 16.6. The Kier molecular flexibility index (Phi) is 8.45. The summed E-state index contributed by atoms with van der Waals surface area (Å²) in [5.74, 6) is 0.112. The van der Waals surface area contributed by atoms with E-state index in [0.29, 0.717) is 23.4 Å². The summed E-state index contributed by atoms with van der Waals surface area (Å²) in [5, 5.41) is 9.68. The second-order valence-corrected chi connectivity index (χ2v) is 7.62. The fourth-order valence-corrected chi connectivity index (χ4v) is 3.20. The number of rotatable bonds is 9. The first kappa shape index (κ1) is 24.2. The highest BCUT2D eigenvalue weighted by Gasteiger charge is 2.39. The van der Waals surface area contributed by atoms with Crippen LogP contribution >= 0.6 is 0 Å². The minimum atomic E-state index is -1.10. The minimum absolute atomic E-state index is 0.118. The molecule has 1 N–H and O–H groups in total. The van der Waals surface area contributed by atoms with E-state index in [9.17, 15) is 14.7 Å². The molecule has 0 bridgehead atoms. The van der Waals surface area contributed by atoms with Crippen LogP contribution in [-0.2, 0) is 14.9 Å². The summed E-state index contributed by atoms with van der Waals surface area (Å²) >= 11 is 0. The lowest BCUT2D eigenvalue weighted by molar-refractivity contribution is -0.148. The number of nitrogens with zero attached hydrogens (tertiary/aromatic N) is 2. The SMILES string of the molecule is CCN(CC)CCOC(=O)C(C)(c1ccc(O)cc1)c1ccc(OC(=O)N(C)C)cc1. The van der Waals surface area contributed by atoms with Crippen LogP contribution in [0.1, 0.15) is 31.9 Å². The van der Waals surface area contributed by atoms with E-state index in [-0.39, 0.29) is 18.3 Å². The first-order chi connectivity index (χ1) is 14.7. The van der Waals surface area contributed by atoms with E-state index in [1.54, 1.807) is 69.6 Å². The number of hydrogen-bond acceptors (Lipinski definition) is 6. The van der Waals surface area contributed by atoms with Crippen LogP contribution in [0.2, 0.25) is 0 Å². The number of amides is 1. The third-order valence-corrected chi connectivity index (χ3v) is 5.39. The molecule has 168 valence electrons. The maximum absolute atomic E-state index is 13.3. The molecule has 2 aromatic carbocycles. The number of esters is 1. The van der Waals surface area contributed by atoms with E-state index in [2.05, 4.69) is 18.7 Å². The van der Waals surface area contributed by atoms with Crippen LogP contribution in [0.5, 0.6) is 11.5 Å². The van der Waals surface area contributed by atoms with Crippen molar-refractivity contribution < 1.29 is 24.2 Å². The van der Waals surface area contributed by atoms with E-state index >= 15 is 0 Å². The van der Waals surface area contributed by atoms with Gasteiger partial charge >= 0.3 is 12.1 Å². The molecule has 0 aliphatic rings. The van der Waals surface area contributed by atoms with Gasteiger partial charge in [-0.2, -0.15) is 0 Å². The van der Waals surface area contributed by atoms with E-state index in [1.165, 1.54) is 4.90 Å². The number of phenols is 1. The third kappa shape index (κ3) is 5.98. The number of benzene rings is 2. The Bertz CT molecular complexity index is 861. The van der Waals surface area contributed by atoms with Gasteiger partial charge in [0, 0.05) is 20.6 Å². The highest BCUT2D eigenvalue weighted by Crippen LogP contribution is 2.35. The van der Waals surface area contributed by atoms with Gasteiger partial charge in [0.15, 0.2) is 0 Å². The lowest BCUT2D eigenvalue weighted by Gasteiger charge is -2.29. The number of hydrogen-bond donors (Lipinski definition) is 1. The fourth-order valence-electron chi connectivity index (χ4n) is 3.20. The van der Waals surface area contributed by atoms with Crippen molar-refractivity contribution in [2.75, 3.05) is 40.3 Å². The quantitative estimate of drug-likeness (QED) is 0.615. The zero-order valence-corrected chi connectivity index (χ0v) is 18.9. The summed E-state index contributed by atoms with van der Waals surface area (Å²) in [7, 11) is 3.21. The van der Waals surface area contributed by atoms with Gasteiger partial charge in [0.1, 0.15) is 23.5 Å². The lowest BCUT2D eigenvalue weighted by Crippen LogP contribution is -2.37. The molecule has 0 heterocycles. The summed E-state index contributed by atoms with van der Waals surface area (Å²) in [6, 6.07) is 13.3. The van der Waals surface area contributed by atoms with Crippen molar-refractivity contribution in [3.05, 3.63) is 59.7 Å². The Morgan fingerprint density at radius 3 is 1.94 bits per heavy atom. The molecule has 2 rings (SSSR count). The maximum Gasteiger partial charge on any atom is 0.414 e. The van der Waals surface area contributed by atoms with E-state index < -0.39 is 11.5 Å². The van der Waals surface area contributed by atoms with Crippen LogP contribution in [-0.4, -0.2) is 67.3 Å². The van der Waals surface area contributed by atoms with Crippen LogP contribution < -0.4 is 4.74 Å². The normalized spacial score (nSPS) is 12.8. The van der Waals surface area contributed by atoms with E-state index in [0.717, 1.165) is 13.1 Å². The maximum atomic E-state index is 13.3. The molecule has 31 heavy (non-hydrogen) atoms. The molecule has 0 aromatic heterocycles. The molecular formula is C24H32N2O5. The van der Waals surface area contributed by atoms with Gasteiger partial charge in [-0.15, -0.1) is 0 Å². The van der Waals surface area contributed by atoms with Crippen molar-refractivity contribution >= 4 is 12.1 Å². The molecule has 2 aromatic rings. The monoisotopic (exact) mass is 428 g/mol. The molecule has 0 saturated carbocycles. The lowest BCUT2D eigenvalue weighted by atomic mass is 9.76. The Morgan fingerprint density at radius 2 is 1.45 bits per heavy atom. The minimum Gasteiger partial charge on any atom is -0.508 e. The summed E-state index contributed by atoms with van der Waals surface area (Å²) in [5.41, 5.74) is 0.285. The zero-order chi connectivity index (χ0) is 23.0. The van der Waals surface area contributed by atoms with Crippen LogP contribution in [0.3, 0.4) is 0 Å². The van der Waals surface area contributed by atoms with Crippen LogP contribution in [0.4, 0.5) is 4.79 Å². The average molecular weight is 429 g/mol. The number of carbonyl (C=O) groups excluding carboxylic acids is 2.